The fourth-order valence-electron chi connectivity index (χ4n) is 2.67. The summed E-state index contributed by atoms with van der Waals surface area (Å²) in [4.78, 5) is 24.8. The van der Waals surface area contributed by atoms with Crippen molar-refractivity contribution >= 4 is 11.9 Å². The molecule has 1 aliphatic rings. The SMILES string of the molecule is Cc1ccccc1CCC(=O)N1CCC(C(=O)O)CC1. The summed E-state index contributed by atoms with van der Waals surface area (Å²) in [6, 6.07) is 8.10. The Balaban J connectivity index is 1.82. The van der Waals surface area contributed by atoms with Crippen LogP contribution in [0.5, 0.6) is 0 Å². The van der Waals surface area contributed by atoms with Crippen molar-refractivity contribution < 1.29 is 14.7 Å². The standard InChI is InChI=1S/C16H21NO3/c1-12-4-2-3-5-13(12)6-7-15(18)17-10-8-14(9-11-17)16(19)20/h2-5,14H,6-11H2,1H3,(H,19,20). The van der Waals surface area contributed by atoms with Gasteiger partial charge in [0.15, 0.2) is 0 Å². The van der Waals surface area contributed by atoms with Crippen molar-refractivity contribution in [2.24, 2.45) is 5.92 Å². The largest absolute Gasteiger partial charge is 0.481 e. The maximum atomic E-state index is 12.1. The Labute approximate surface area is 119 Å². The van der Waals surface area contributed by atoms with Crippen molar-refractivity contribution in [2.45, 2.75) is 32.6 Å². The van der Waals surface area contributed by atoms with Gasteiger partial charge in [-0.15, -0.1) is 0 Å². The van der Waals surface area contributed by atoms with Gasteiger partial charge >= 0.3 is 5.97 Å². The molecule has 108 valence electrons. The second kappa shape index (κ2) is 6.55. The van der Waals surface area contributed by atoms with Crippen LogP contribution in [-0.4, -0.2) is 35.0 Å². The summed E-state index contributed by atoms with van der Waals surface area (Å²) in [5.41, 5.74) is 2.42. The average Bonchev–Trinajstić information content (AvgIpc) is 2.46. The Hall–Kier alpha value is -1.84. The highest BCUT2D eigenvalue weighted by atomic mass is 16.4. The third kappa shape index (κ3) is 3.59. The van der Waals surface area contributed by atoms with Crippen LogP contribution in [-0.2, 0) is 16.0 Å². The van der Waals surface area contributed by atoms with Gasteiger partial charge in [-0.3, -0.25) is 9.59 Å². The van der Waals surface area contributed by atoms with E-state index in [4.69, 9.17) is 5.11 Å². The minimum atomic E-state index is -0.739. The van der Waals surface area contributed by atoms with Crippen LogP contribution in [0.2, 0.25) is 0 Å². The lowest BCUT2D eigenvalue weighted by Gasteiger charge is -2.30. The van der Waals surface area contributed by atoms with Crippen LogP contribution in [0.3, 0.4) is 0 Å². The molecule has 0 spiro atoms. The molecule has 1 amide bonds. The molecule has 1 aromatic carbocycles. The second-order valence-corrected chi connectivity index (χ2v) is 5.42. The van der Waals surface area contributed by atoms with Crippen molar-refractivity contribution in [3.05, 3.63) is 35.4 Å². The molecule has 1 heterocycles. The molecule has 0 aliphatic carbocycles. The van der Waals surface area contributed by atoms with E-state index in [9.17, 15) is 9.59 Å². The highest BCUT2D eigenvalue weighted by Crippen LogP contribution is 2.18. The molecule has 0 bridgehead atoms. The van der Waals surface area contributed by atoms with Gasteiger partial charge in [0.05, 0.1) is 5.92 Å². The Morgan fingerprint density at radius 3 is 2.50 bits per heavy atom. The maximum Gasteiger partial charge on any atom is 0.306 e. The predicted molar refractivity (Wildman–Crippen MR) is 76.4 cm³/mol. The normalized spacial score (nSPS) is 16.1. The van der Waals surface area contributed by atoms with Crippen LogP contribution in [0, 0.1) is 12.8 Å². The molecule has 1 N–H and O–H groups in total. The first-order valence-corrected chi connectivity index (χ1v) is 7.13. The quantitative estimate of drug-likeness (QED) is 0.917. The lowest BCUT2D eigenvalue weighted by atomic mass is 9.96. The number of benzene rings is 1. The Morgan fingerprint density at radius 1 is 1.25 bits per heavy atom. The molecule has 0 atom stereocenters. The molecule has 0 aromatic heterocycles. The van der Waals surface area contributed by atoms with E-state index in [1.807, 2.05) is 12.1 Å². The summed E-state index contributed by atoms with van der Waals surface area (Å²) in [6.45, 7) is 3.20. The van der Waals surface area contributed by atoms with Gasteiger partial charge in [0.2, 0.25) is 5.91 Å². The number of likely N-dealkylation sites (tertiary alicyclic amines) is 1. The maximum absolute atomic E-state index is 12.1. The number of amides is 1. The van der Waals surface area contributed by atoms with Gasteiger partial charge in [-0.25, -0.2) is 0 Å². The van der Waals surface area contributed by atoms with Crippen LogP contribution in [0.25, 0.3) is 0 Å². The second-order valence-electron chi connectivity index (χ2n) is 5.42. The van der Waals surface area contributed by atoms with Crippen molar-refractivity contribution in [1.82, 2.24) is 4.90 Å². The van der Waals surface area contributed by atoms with E-state index >= 15 is 0 Å². The molecule has 4 nitrogen and oxygen atoms in total. The number of carboxylic acids is 1. The third-order valence-electron chi connectivity index (χ3n) is 4.07. The summed E-state index contributed by atoms with van der Waals surface area (Å²) in [5, 5.41) is 8.94. The molecule has 1 aliphatic heterocycles. The van der Waals surface area contributed by atoms with Crippen LogP contribution >= 0.6 is 0 Å². The number of carbonyl (C=O) groups is 2. The number of piperidine rings is 1. The van der Waals surface area contributed by atoms with E-state index in [1.165, 1.54) is 11.1 Å². The van der Waals surface area contributed by atoms with Gasteiger partial charge in [0.1, 0.15) is 0 Å². The van der Waals surface area contributed by atoms with Crippen molar-refractivity contribution in [3.8, 4) is 0 Å². The molecule has 20 heavy (non-hydrogen) atoms. The third-order valence-corrected chi connectivity index (χ3v) is 4.07. The number of hydrogen-bond acceptors (Lipinski definition) is 2. The summed E-state index contributed by atoms with van der Waals surface area (Å²) in [7, 11) is 0. The first-order valence-electron chi connectivity index (χ1n) is 7.13. The van der Waals surface area contributed by atoms with E-state index < -0.39 is 5.97 Å². The van der Waals surface area contributed by atoms with Gasteiger partial charge in [-0.1, -0.05) is 24.3 Å². The lowest BCUT2D eigenvalue weighted by molar-refractivity contribution is -0.145. The van der Waals surface area contributed by atoms with E-state index in [0.717, 1.165) is 6.42 Å². The van der Waals surface area contributed by atoms with Crippen molar-refractivity contribution in [3.63, 3.8) is 0 Å². The summed E-state index contributed by atoms with van der Waals surface area (Å²) in [5.74, 6) is -0.885. The van der Waals surface area contributed by atoms with Crippen LogP contribution in [0.15, 0.2) is 24.3 Å². The summed E-state index contributed by atoms with van der Waals surface area (Å²) >= 11 is 0. The van der Waals surface area contributed by atoms with E-state index in [2.05, 4.69) is 19.1 Å². The number of hydrogen-bond donors (Lipinski definition) is 1. The highest BCUT2D eigenvalue weighted by Gasteiger charge is 2.26. The predicted octanol–water partition coefficient (Wildman–Crippen LogP) is 2.25. The number of carboxylic acid groups (broad SMARTS) is 1. The summed E-state index contributed by atoms with van der Waals surface area (Å²) in [6.07, 6.45) is 2.41. The molecule has 4 heteroatoms. The van der Waals surface area contributed by atoms with Crippen molar-refractivity contribution in [2.75, 3.05) is 13.1 Å². The first kappa shape index (κ1) is 14.6. The molecule has 0 radical (unpaired) electrons. The molecule has 0 unspecified atom stereocenters. The topological polar surface area (TPSA) is 57.6 Å². The van der Waals surface area contributed by atoms with Crippen LogP contribution in [0.4, 0.5) is 0 Å². The van der Waals surface area contributed by atoms with E-state index in [0.29, 0.717) is 32.4 Å². The molecular weight excluding hydrogens is 254 g/mol. The number of aryl methyl sites for hydroxylation is 2. The number of carbonyl (C=O) groups excluding carboxylic acids is 1. The number of aliphatic carboxylic acids is 1. The molecular formula is C16H21NO3. The zero-order valence-electron chi connectivity index (χ0n) is 11.8. The first-order chi connectivity index (χ1) is 9.58. The van der Waals surface area contributed by atoms with E-state index in [-0.39, 0.29) is 11.8 Å². The smallest absolute Gasteiger partial charge is 0.306 e. The number of rotatable bonds is 4. The van der Waals surface area contributed by atoms with Gasteiger partial charge < -0.3 is 10.0 Å². The molecule has 1 saturated heterocycles. The highest BCUT2D eigenvalue weighted by molar-refractivity contribution is 5.77. The van der Waals surface area contributed by atoms with E-state index in [1.54, 1.807) is 4.90 Å². The van der Waals surface area contributed by atoms with Crippen LogP contribution in [0.1, 0.15) is 30.4 Å². The van der Waals surface area contributed by atoms with Gasteiger partial charge in [-0.05, 0) is 37.3 Å². The minimum Gasteiger partial charge on any atom is -0.481 e. The number of nitrogens with zero attached hydrogens (tertiary/aromatic N) is 1. The fraction of sp³-hybridized carbons (Fsp3) is 0.500. The average molecular weight is 275 g/mol. The lowest BCUT2D eigenvalue weighted by Crippen LogP contribution is -2.40. The van der Waals surface area contributed by atoms with Gasteiger partial charge in [0.25, 0.3) is 0 Å². The Kier molecular flexibility index (Phi) is 4.77. The molecule has 1 aromatic rings. The molecule has 2 rings (SSSR count). The zero-order valence-corrected chi connectivity index (χ0v) is 11.8. The molecule has 0 saturated carbocycles. The van der Waals surface area contributed by atoms with Crippen molar-refractivity contribution in [1.29, 1.82) is 0 Å². The fourth-order valence-corrected chi connectivity index (χ4v) is 2.67. The Bertz CT molecular complexity index is 490. The van der Waals surface area contributed by atoms with Gasteiger partial charge in [0, 0.05) is 19.5 Å². The molecule has 1 fully saturated rings. The van der Waals surface area contributed by atoms with Gasteiger partial charge in [-0.2, -0.15) is 0 Å². The Morgan fingerprint density at radius 2 is 1.90 bits per heavy atom. The monoisotopic (exact) mass is 275 g/mol. The summed E-state index contributed by atoms with van der Waals surface area (Å²) < 4.78 is 0. The van der Waals surface area contributed by atoms with Crippen LogP contribution < -0.4 is 0 Å². The minimum absolute atomic E-state index is 0.136. The zero-order chi connectivity index (χ0) is 14.5.